The Labute approximate surface area is 330 Å². The van der Waals surface area contributed by atoms with Crippen LogP contribution in [0.3, 0.4) is 0 Å². The Morgan fingerprint density at radius 2 is 0.825 bits per heavy atom. The SMILES string of the molecule is c1ccc2c(-c3ccc4c(-c5ccc6sc7ccccc7c6c5)c5ccccc5c(-c5ccc6oc7ccc8oc9ccccc9c8c7c6c5)c4c3)cccc2c1. The lowest BCUT2D eigenvalue weighted by Gasteiger charge is -2.19. The van der Waals surface area contributed by atoms with E-state index in [4.69, 9.17) is 8.83 Å². The van der Waals surface area contributed by atoms with Crippen molar-refractivity contribution in [3.05, 3.63) is 182 Å². The average Bonchev–Trinajstić information content (AvgIpc) is 3.95. The van der Waals surface area contributed by atoms with Gasteiger partial charge in [-0.2, -0.15) is 0 Å². The summed E-state index contributed by atoms with van der Waals surface area (Å²) in [6.45, 7) is 0. The number of para-hydroxylation sites is 1. The first-order valence-electron chi connectivity index (χ1n) is 19.4. The van der Waals surface area contributed by atoms with Crippen molar-refractivity contribution in [3.8, 4) is 33.4 Å². The minimum Gasteiger partial charge on any atom is -0.456 e. The van der Waals surface area contributed by atoms with Gasteiger partial charge in [-0.15, -0.1) is 11.3 Å². The van der Waals surface area contributed by atoms with E-state index in [1.165, 1.54) is 80.3 Å². The summed E-state index contributed by atoms with van der Waals surface area (Å²) in [5.74, 6) is 0. The molecule has 0 atom stereocenters. The normalized spacial score (nSPS) is 12.2. The summed E-state index contributed by atoms with van der Waals surface area (Å²) >= 11 is 1.86. The number of thiophene rings is 1. The van der Waals surface area contributed by atoms with Crippen LogP contribution in [-0.2, 0) is 0 Å². The molecule has 0 aliphatic heterocycles. The Morgan fingerprint density at radius 3 is 1.65 bits per heavy atom. The lowest BCUT2D eigenvalue weighted by atomic mass is 9.84. The van der Waals surface area contributed by atoms with E-state index in [1.807, 2.05) is 35.6 Å². The van der Waals surface area contributed by atoms with Gasteiger partial charge in [0.15, 0.2) is 0 Å². The van der Waals surface area contributed by atoms with Gasteiger partial charge in [-0.05, 0) is 120 Å². The number of fused-ring (bicyclic) bond motifs is 13. The number of furan rings is 2. The highest BCUT2D eigenvalue weighted by atomic mass is 32.1. The summed E-state index contributed by atoms with van der Waals surface area (Å²) in [6, 6.07) is 66.3. The minimum atomic E-state index is 0.862. The van der Waals surface area contributed by atoms with Crippen molar-refractivity contribution in [1.82, 2.24) is 0 Å². The van der Waals surface area contributed by atoms with E-state index >= 15 is 0 Å². The molecule has 10 aromatic carbocycles. The van der Waals surface area contributed by atoms with Crippen molar-refractivity contribution in [2.24, 2.45) is 0 Å². The van der Waals surface area contributed by atoms with Crippen molar-refractivity contribution < 1.29 is 8.83 Å². The van der Waals surface area contributed by atoms with Crippen molar-refractivity contribution in [2.75, 3.05) is 0 Å². The third kappa shape index (κ3) is 4.46. The van der Waals surface area contributed by atoms with Crippen molar-refractivity contribution in [2.45, 2.75) is 0 Å². The molecule has 0 aliphatic rings. The highest BCUT2D eigenvalue weighted by molar-refractivity contribution is 7.25. The third-order valence-electron chi connectivity index (χ3n) is 12.1. The first-order valence-corrected chi connectivity index (χ1v) is 20.2. The molecule has 3 aromatic heterocycles. The lowest BCUT2D eigenvalue weighted by Crippen LogP contribution is -1.92. The van der Waals surface area contributed by atoms with Gasteiger partial charge in [-0.25, -0.2) is 0 Å². The molecule has 0 spiro atoms. The van der Waals surface area contributed by atoms with Gasteiger partial charge in [0, 0.05) is 41.7 Å². The third-order valence-corrected chi connectivity index (χ3v) is 13.2. The zero-order valence-electron chi connectivity index (χ0n) is 30.5. The van der Waals surface area contributed by atoms with E-state index in [9.17, 15) is 0 Å². The van der Waals surface area contributed by atoms with Gasteiger partial charge < -0.3 is 8.83 Å². The van der Waals surface area contributed by atoms with Crippen molar-refractivity contribution >= 4 is 108 Å². The van der Waals surface area contributed by atoms with Crippen LogP contribution in [-0.4, -0.2) is 0 Å². The van der Waals surface area contributed by atoms with Crippen molar-refractivity contribution in [1.29, 1.82) is 0 Å². The molecule has 0 saturated carbocycles. The molecule has 0 unspecified atom stereocenters. The van der Waals surface area contributed by atoms with Gasteiger partial charge in [0.2, 0.25) is 0 Å². The molecule has 0 N–H and O–H groups in total. The largest absolute Gasteiger partial charge is 0.456 e. The number of benzene rings is 10. The van der Waals surface area contributed by atoms with Crippen LogP contribution in [0.25, 0.3) is 130 Å². The molecule has 0 amide bonds. The molecular weight excluding hydrogens is 713 g/mol. The molecule has 0 radical (unpaired) electrons. The van der Waals surface area contributed by atoms with E-state index in [0.717, 1.165) is 49.4 Å². The summed E-state index contributed by atoms with van der Waals surface area (Å²) in [7, 11) is 0. The molecule has 0 saturated heterocycles. The van der Waals surface area contributed by atoms with E-state index in [1.54, 1.807) is 0 Å². The molecule has 0 aliphatic carbocycles. The van der Waals surface area contributed by atoms with Gasteiger partial charge in [-0.3, -0.25) is 0 Å². The Kier molecular flexibility index (Phi) is 6.35. The fraction of sp³-hybridized carbons (Fsp3) is 0. The molecule has 57 heavy (non-hydrogen) atoms. The second-order valence-corrected chi connectivity index (χ2v) is 16.2. The second kappa shape index (κ2) is 11.7. The molecule has 3 heteroatoms. The molecular formula is C54H30O2S. The molecule has 2 nitrogen and oxygen atoms in total. The minimum absolute atomic E-state index is 0.862. The summed E-state index contributed by atoms with van der Waals surface area (Å²) in [5, 5.41) is 14.4. The number of hydrogen-bond donors (Lipinski definition) is 0. The molecule has 3 heterocycles. The highest BCUT2D eigenvalue weighted by Crippen LogP contribution is 2.48. The van der Waals surface area contributed by atoms with E-state index in [-0.39, 0.29) is 0 Å². The van der Waals surface area contributed by atoms with Gasteiger partial charge in [-0.1, -0.05) is 127 Å². The highest BCUT2D eigenvalue weighted by Gasteiger charge is 2.21. The average molecular weight is 743 g/mol. The Balaban J connectivity index is 1.15. The van der Waals surface area contributed by atoms with Gasteiger partial charge in [0.25, 0.3) is 0 Å². The van der Waals surface area contributed by atoms with Gasteiger partial charge in [0.05, 0.1) is 0 Å². The molecule has 0 bridgehead atoms. The Hall–Kier alpha value is -7.20. The standard InChI is InChI=1S/C54H30O2S/c1-2-12-35-31(10-1)11-9-17-36(35)32-20-23-40-43(28-32)52(33-21-24-46-44(30-33)54-48(56-46)26-25-47-53(54)41-16-5-7-18-45(41)55-47)39-15-4-3-14-38(39)51(40)34-22-27-50-42(29-34)37-13-6-8-19-49(37)57-50/h1-30H. The molecule has 264 valence electrons. The number of rotatable bonds is 3. The van der Waals surface area contributed by atoms with Crippen LogP contribution in [0.4, 0.5) is 0 Å². The first kappa shape index (κ1) is 31.1. The van der Waals surface area contributed by atoms with Crippen LogP contribution >= 0.6 is 11.3 Å². The second-order valence-electron chi connectivity index (χ2n) is 15.1. The van der Waals surface area contributed by atoms with Crippen LogP contribution in [0.15, 0.2) is 191 Å². The van der Waals surface area contributed by atoms with Crippen LogP contribution in [0.5, 0.6) is 0 Å². The van der Waals surface area contributed by atoms with E-state index in [2.05, 4.69) is 158 Å². The predicted molar refractivity (Wildman–Crippen MR) is 243 cm³/mol. The molecule has 13 rings (SSSR count). The summed E-state index contributed by atoms with van der Waals surface area (Å²) in [5.41, 5.74) is 10.8. The van der Waals surface area contributed by atoms with E-state index < -0.39 is 0 Å². The van der Waals surface area contributed by atoms with Crippen LogP contribution in [0, 0.1) is 0 Å². The quantitative estimate of drug-likeness (QED) is 0.169. The summed E-state index contributed by atoms with van der Waals surface area (Å²) in [6.07, 6.45) is 0. The van der Waals surface area contributed by atoms with Crippen LogP contribution < -0.4 is 0 Å². The zero-order valence-corrected chi connectivity index (χ0v) is 31.4. The summed E-state index contributed by atoms with van der Waals surface area (Å²) < 4.78 is 15.5. The van der Waals surface area contributed by atoms with Crippen molar-refractivity contribution in [3.63, 3.8) is 0 Å². The van der Waals surface area contributed by atoms with Crippen LogP contribution in [0.2, 0.25) is 0 Å². The Bertz CT molecular complexity index is 3810. The fourth-order valence-electron chi connectivity index (χ4n) is 9.56. The monoisotopic (exact) mass is 742 g/mol. The molecule has 13 aromatic rings. The van der Waals surface area contributed by atoms with Gasteiger partial charge >= 0.3 is 0 Å². The summed E-state index contributed by atoms with van der Waals surface area (Å²) in [4.78, 5) is 0. The zero-order chi connectivity index (χ0) is 37.2. The topological polar surface area (TPSA) is 26.3 Å². The molecule has 0 fully saturated rings. The maximum absolute atomic E-state index is 6.56. The Morgan fingerprint density at radius 1 is 0.298 bits per heavy atom. The number of hydrogen-bond acceptors (Lipinski definition) is 3. The smallest absolute Gasteiger partial charge is 0.136 e. The maximum Gasteiger partial charge on any atom is 0.136 e. The fourth-order valence-corrected chi connectivity index (χ4v) is 10.7. The van der Waals surface area contributed by atoms with E-state index in [0.29, 0.717) is 0 Å². The van der Waals surface area contributed by atoms with Crippen LogP contribution in [0.1, 0.15) is 0 Å². The predicted octanol–water partition coefficient (Wildman–Crippen LogP) is 16.3. The maximum atomic E-state index is 6.56. The first-order chi connectivity index (χ1) is 28.2. The lowest BCUT2D eigenvalue weighted by molar-refractivity contribution is 0.663. The van der Waals surface area contributed by atoms with Gasteiger partial charge in [0.1, 0.15) is 22.3 Å².